The van der Waals surface area contributed by atoms with Crippen molar-refractivity contribution in [2.24, 2.45) is 0 Å². The molecular weight excluding hydrogens is 448 g/mol. The monoisotopic (exact) mass is 464 g/mol. The Morgan fingerprint density at radius 2 is 2.04 bits per heavy atom. The Kier molecular flexibility index (Phi) is 6.83. The summed E-state index contributed by atoms with van der Waals surface area (Å²) in [5.74, 6) is 0.0140. The number of halogens is 1. The fourth-order valence-electron chi connectivity index (χ4n) is 1.99. The summed E-state index contributed by atoms with van der Waals surface area (Å²) in [6.07, 6.45) is 1.19. The van der Waals surface area contributed by atoms with Crippen molar-refractivity contribution in [3.05, 3.63) is 22.1 Å². The lowest BCUT2D eigenvalue weighted by molar-refractivity contribution is -0.127. The van der Waals surface area contributed by atoms with Crippen molar-refractivity contribution in [1.29, 1.82) is 0 Å². The van der Waals surface area contributed by atoms with Gasteiger partial charge in [0.05, 0.1) is 15.7 Å². The van der Waals surface area contributed by atoms with E-state index in [0.717, 1.165) is 23.1 Å². The third-order valence-corrected chi connectivity index (χ3v) is 8.04. The van der Waals surface area contributed by atoms with E-state index in [0.29, 0.717) is 16.9 Å². The minimum atomic E-state index is -3.76. The first-order chi connectivity index (χ1) is 11.8. The molecule has 1 amide bonds. The van der Waals surface area contributed by atoms with Crippen LogP contribution in [0.25, 0.3) is 0 Å². The number of nitrogens with two attached hydrogens (primary N) is 1. The van der Waals surface area contributed by atoms with Crippen molar-refractivity contribution < 1.29 is 13.2 Å². The number of sulfone groups is 1. The number of aromatic nitrogens is 2. The van der Waals surface area contributed by atoms with Crippen LogP contribution in [0.2, 0.25) is 0 Å². The minimum absolute atomic E-state index is 0.0303. The Morgan fingerprint density at radius 1 is 1.36 bits per heavy atom. The van der Waals surface area contributed by atoms with E-state index in [4.69, 9.17) is 5.73 Å². The van der Waals surface area contributed by atoms with Gasteiger partial charge in [0.2, 0.25) is 15.7 Å². The molecule has 0 aliphatic rings. The summed E-state index contributed by atoms with van der Waals surface area (Å²) in [6, 6.07) is 3.15. The molecule has 0 radical (unpaired) electrons. The van der Waals surface area contributed by atoms with Crippen LogP contribution in [0.4, 0.5) is 5.82 Å². The summed E-state index contributed by atoms with van der Waals surface area (Å²) in [6.45, 7) is 5.07. The van der Waals surface area contributed by atoms with Gasteiger partial charge in [-0.05, 0) is 41.9 Å². The van der Waals surface area contributed by atoms with Gasteiger partial charge in [-0.25, -0.2) is 18.4 Å². The van der Waals surface area contributed by atoms with E-state index in [9.17, 15) is 13.2 Å². The molecule has 0 fully saturated rings. The van der Waals surface area contributed by atoms with E-state index in [1.54, 1.807) is 11.0 Å². The van der Waals surface area contributed by atoms with Crippen LogP contribution < -0.4 is 5.73 Å². The van der Waals surface area contributed by atoms with Crippen LogP contribution in [0.3, 0.4) is 0 Å². The molecule has 0 aromatic carbocycles. The molecule has 2 aromatic heterocycles. The first-order valence-electron chi connectivity index (χ1n) is 7.33. The fourth-order valence-corrected chi connectivity index (χ4v) is 6.11. The van der Waals surface area contributed by atoms with Gasteiger partial charge in [0, 0.05) is 13.1 Å². The van der Waals surface area contributed by atoms with E-state index in [-0.39, 0.29) is 31.7 Å². The molecule has 0 saturated carbocycles. The molecule has 2 heterocycles. The molecule has 2 N–H and O–H groups in total. The average Bonchev–Trinajstić information content (AvgIpc) is 3.01. The van der Waals surface area contributed by atoms with Crippen LogP contribution in [0, 0.1) is 0 Å². The number of nitrogen functional groups attached to an aromatic ring is 1. The summed E-state index contributed by atoms with van der Waals surface area (Å²) in [5, 5.41) is 0.268. The fraction of sp³-hybridized carbons (Fsp3) is 0.357. The second-order valence-corrected chi connectivity index (χ2v) is 10.4. The molecule has 0 saturated heterocycles. The van der Waals surface area contributed by atoms with E-state index in [1.807, 2.05) is 13.8 Å². The van der Waals surface area contributed by atoms with Gasteiger partial charge in [-0.1, -0.05) is 11.8 Å². The lowest BCUT2D eigenvalue weighted by atomic mass is 10.5. The van der Waals surface area contributed by atoms with Crippen LogP contribution in [0.5, 0.6) is 0 Å². The molecule has 25 heavy (non-hydrogen) atoms. The van der Waals surface area contributed by atoms with E-state index >= 15 is 0 Å². The zero-order chi connectivity index (χ0) is 18.6. The number of nitrogens with zero attached hydrogens (tertiary/aromatic N) is 3. The van der Waals surface area contributed by atoms with Gasteiger partial charge >= 0.3 is 0 Å². The number of thiophene rings is 1. The number of thioether (sulfide) groups is 1. The van der Waals surface area contributed by atoms with Crippen molar-refractivity contribution in [1.82, 2.24) is 14.9 Å². The van der Waals surface area contributed by atoms with Crippen LogP contribution >= 0.6 is 39.0 Å². The number of hydrogen-bond donors (Lipinski definition) is 1. The predicted octanol–water partition coefficient (Wildman–Crippen LogP) is 2.68. The number of hydrogen-bond acceptors (Lipinski definition) is 8. The third-order valence-electron chi connectivity index (χ3n) is 3.30. The van der Waals surface area contributed by atoms with Crippen LogP contribution in [-0.4, -0.2) is 48.0 Å². The highest BCUT2D eigenvalue weighted by molar-refractivity contribution is 9.11. The molecule has 0 aliphatic heterocycles. The van der Waals surface area contributed by atoms with Crippen LogP contribution in [0.1, 0.15) is 13.8 Å². The maximum atomic E-state index is 12.6. The van der Waals surface area contributed by atoms with Crippen molar-refractivity contribution in [2.45, 2.75) is 28.1 Å². The normalized spacial score (nSPS) is 11.5. The average molecular weight is 465 g/mol. The van der Waals surface area contributed by atoms with Gasteiger partial charge in [-0.2, -0.15) is 0 Å². The van der Waals surface area contributed by atoms with E-state index in [1.165, 1.54) is 12.3 Å². The van der Waals surface area contributed by atoms with E-state index in [2.05, 4.69) is 25.9 Å². The zero-order valence-corrected chi connectivity index (χ0v) is 17.6. The van der Waals surface area contributed by atoms with Gasteiger partial charge in [-0.3, -0.25) is 4.79 Å². The minimum Gasteiger partial charge on any atom is -0.382 e. The van der Waals surface area contributed by atoms with Gasteiger partial charge < -0.3 is 10.6 Å². The highest BCUT2D eigenvalue weighted by Crippen LogP contribution is 2.32. The Balaban J connectivity index is 2.17. The Morgan fingerprint density at radius 3 is 2.56 bits per heavy atom. The van der Waals surface area contributed by atoms with Gasteiger partial charge in [0.1, 0.15) is 14.9 Å². The number of carbonyl (C=O) groups excluding carboxylic acids is 1. The van der Waals surface area contributed by atoms with Gasteiger partial charge in [0.25, 0.3) is 0 Å². The number of carbonyl (C=O) groups is 1. The Bertz CT molecular complexity index is 866. The predicted molar refractivity (Wildman–Crippen MR) is 103 cm³/mol. The molecule has 0 aliphatic carbocycles. The molecule has 0 unspecified atom stereocenters. The summed E-state index contributed by atoms with van der Waals surface area (Å²) < 4.78 is 26.0. The summed E-state index contributed by atoms with van der Waals surface area (Å²) in [4.78, 5) is 21.6. The maximum Gasteiger partial charge on any atom is 0.233 e. The van der Waals surface area contributed by atoms with Gasteiger partial charge in [0.15, 0.2) is 5.16 Å². The van der Waals surface area contributed by atoms with Gasteiger partial charge in [-0.15, -0.1) is 11.3 Å². The second kappa shape index (κ2) is 8.47. The smallest absolute Gasteiger partial charge is 0.233 e. The molecule has 0 bridgehead atoms. The van der Waals surface area contributed by atoms with Crippen molar-refractivity contribution in [3.63, 3.8) is 0 Å². The SMILES string of the molecule is CCN(CC)C(=O)CSc1ncc(S(=O)(=O)c2ccc(Br)s2)c(N)n1. The van der Waals surface area contributed by atoms with E-state index < -0.39 is 9.84 Å². The highest BCUT2D eigenvalue weighted by Gasteiger charge is 2.24. The lowest BCUT2D eigenvalue weighted by Gasteiger charge is -2.17. The van der Waals surface area contributed by atoms with Crippen molar-refractivity contribution in [3.8, 4) is 0 Å². The first-order valence-corrected chi connectivity index (χ1v) is 11.4. The molecule has 136 valence electrons. The standard InChI is InChI=1S/C14H17BrN4O3S3/c1-3-19(4-2)11(20)8-23-14-17-7-9(13(16)18-14)25(21,22)12-6-5-10(15)24-12/h5-7H,3-4,8H2,1-2H3,(H2,16,17,18). The third kappa shape index (κ3) is 4.72. The molecular formula is C14H17BrN4O3S3. The molecule has 11 heteroatoms. The molecule has 0 spiro atoms. The number of rotatable bonds is 7. The van der Waals surface area contributed by atoms with Crippen LogP contribution in [0.15, 0.2) is 36.4 Å². The second-order valence-electron chi connectivity index (χ2n) is 4.82. The van der Waals surface area contributed by atoms with Crippen LogP contribution in [-0.2, 0) is 14.6 Å². The van der Waals surface area contributed by atoms with Crippen molar-refractivity contribution in [2.75, 3.05) is 24.6 Å². The number of anilines is 1. The Labute approximate surface area is 163 Å². The zero-order valence-electron chi connectivity index (χ0n) is 13.6. The molecule has 2 rings (SSSR count). The summed E-state index contributed by atoms with van der Waals surface area (Å²) in [5.41, 5.74) is 5.82. The molecule has 7 nitrogen and oxygen atoms in total. The molecule has 0 atom stereocenters. The largest absolute Gasteiger partial charge is 0.382 e. The topological polar surface area (TPSA) is 106 Å². The summed E-state index contributed by atoms with van der Waals surface area (Å²) in [7, 11) is -3.76. The Hall–Kier alpha value is -1.17. The lowest BCUT2D eigenvalue weighted by Crippen LogP contribution is -2.31. The number of amides is 1. The first kappa shape index (κ1) is 20.1. The maximum absolute atomic E-state index is 12.6. The molecule has 2 aromatic rings. The summed E-state index contributed by atoms with van der Waals surface area (Å²) >= 11 is 5.45. The van der Waals surface area contributed by atoms with Crippen molar-refractivity contribution >= 4 is 60.6 Å². The highest BCUT2D eigenvalue weighted by atomic mass is 79.9. The quantitative estimate of drug-likeness (QED) is 0.495.